The third-order valence-corrected chi connectivity index (χ3v) is 3.50. The van der Waals surface area contributed by atoms with E-state index in [0.29, 0.717) is 5.69 Å². The highest BCUT2D eigenvalue weighted by atomic mass is 19.2. The number of halogens is 4. The van der Waals surface area contributed by atoms with Crippen LogP contribution in [0.15, 0.2) is 24.3 Å². The lowest BCUT2D eigenvalue weighted by Crippen LogP contribution is -2.34. The summed E-state index contributed by atoms with van der Waals surface area (Å²) in [5.41, 5.74) is 1.13. The Balaban J connectivity index is 2.07. The second-order valence-electron chi connectivity index (χ2n) is 5.35. The van der Waals surface area contributed by atoms with Crippen LogP contribution in [0.3, 0.4) is 0 Å². The normalized spacial score (nSPS) is 10.5. The maximum atomic E-state index is 13.5. The van der Waals surface area contributed by atoms with Crippen LogP contribution >= 0.6 is 0 Å². The average molecular weight is 354 g/mol. The zero-order valence-electron chi connectivity index (χ0n) is 13.3. The number of para-hydroxylation sites is 1. The summed E-state index contributed by atoms with van der Waals surface area (Å²) in [7, 11) is 0. The summed E-state index contributed by atoms with van der Waals surface area (Å²) in [6.07, 6.45) is 0. The molecule has 0 spiro atoms. The van der Waals surface area contributed by atoms with Crippen molar-refractivity contribution in [2.24, 2.45) is 0 Å². The van der Waals surface area contributed by atoms with Gasteiger partial charge in [-0.05, 0) is 31.0 Å². The first-order valence-corrected chi connectivity index (χ1v) is 7.19. The predicted molar refractivity (Wildman–Crippen MR) is 83.2 cm³/mol. The van der Waals surface area contributed by atoms with Crippen LogP contribution in [0.25, 0.3) is 0 Å². The molecule has 0 atom stereocenters. The molecule has 0 aromatic heterocycles. The molecule has 4 nitrogen and oxygen atoms in total. The minimum Gasteiger partial charge on any atom is -0.343 e. The largest absolute Gasteiger partial charge is 0.343 e. The van der Waals surface area contributed by atoms with Crippen molar-refractivity contribution in [2.75, 3.05) is 11.9 Å². The maximum Gasteiger partial charge on any atom is 0.254 e. The first-order valence-electron chi connectivity index (χ1n) is 7.19. The summed E-state index contributed by atoms with van der Waals surface area (Å²) in [4.78, 5) is 23.7. The van der Waals surface area contributed by atoms with Crippen molar-refractivity contribution < 1.29 is 27.2 Å². The number of aryl methyl sites for hydroxylation is 2. The van der Waals surface area contributed by atoms with Gasteiger partial charge < -0.3 is 10.6 Å². The topological polar surface area (TPSA) is 58.2 Å². The molecule has 0 radical (unpaired) electrons. The van der Waals surface area contributed by atoms with Crippen molar-refractivity contribution in [1.29, 1.82) is 0 Å². The van der Waals surface area contributed by atoms with E-state index in [1.165, 1.54) is 0 Å². The Kier molecular flexibility index (Phi) is 5.41. The highest BCUT2D eigenvalue weighted by Crippen LogP contribution is 2.20. The van der Waals surface area contributed by atoms with Gasteiger partial charge in [0, 0.05) is 5.69 Å². The lowest BCUT2D eigenvalue weighted by molar-refractivity contribution is -0.115. The quantitative estimate of drug-likeness (QED) is 0.503. The van der Waals surface area contributed by atoms with E-state index in [-0.39, 0.29) is 6.07 Å². The highest BCUT2D eigenvalue weighted by Gasteiger charge is 2.23. The van der Waals surface area contributed by atoms with E-state index in [1.807, 2.05) is 11.4 Å². The van der Waals surface area contributed by atoms with E-state index in [2.05, 4.69) is 5.32 Å². The molecular weight excluding hydrogens is 340 g/mol. The fraction of sp³-hybridized carbons (Fsp3) is 0.176. The molecule has 8 heteroatoms. The second kappa shape index (κ2) is 7.33. The first-order chi connectivity index (χ1) is 11.7. The number of carbonyl (C=O) groups excluding carboxylic acids is 2. The van der Waals surface area contributed by atoms with Gasteiger partial charge in [-0.1, -0.05) is 18.2 Å². The van der Waals surface area contributed by atoms with Crippen LogP contribution in [0.5, 0.6) is 0 Å². The molecule has 2 N–H and O–H groups in total. The molecule has 0 heterocycles. The lowest BCUT2D eigenvalue weighted by atomic mass is 10.1. The van der Waals surface area contributed by atoms with Gasteiger partial charge in [0.05, 0.1) is 12.1 Å². The Morgan fingerprint density at radius 1 is 0.960 bits per heavy atom. The number of nitrogens with one attached hydrogen (secondary N) is 2. The Bertz CT molecular complexity index is 833. The van der Waals surface area contributed by atoms with Crippen LogP contribution in [0.2, 0.25) is 0 Å². The predicted octanol–water partition coefficient (Wildman–Crippen LogP) is 3.23. The van der Waals surface area contributed by atoms with Crippen molar-refractivity contribution in [2.45, 2.75) is 13.8 Å². The van der Waals surface area contributed by atoms with Crippen molar-refractivity contribution >= 4 is 17.5 Å². The van der Waals surface area contributed by atoms with Crippen LogP contribution in [0, 0.1) is 37.1 Å². The van der Waals surface area contributed by atoms with Crippen LogP contribution in [0.1, 0.15) is 21.5 Å². The molecule has 0 fully saturated rings. The number of benzene rings is 2. The van der Waals surface area contributed by atoms with Gasteiger partial charge in [-0.3, -0.25) is 9.59 Å². The van der Waals surface area contributed by atoms with E-state index >= 15 is 0 Å². The highest BCUT2D eigenvalue weighted by molar-refractivity contribution is 6.00. The number of amides is 2. The summed E-state index contributed by atoms with van der Waals surface area (Å²) in [6.45, 7) is 2.99. The van der Waals surface area contributed by atoms with Crippen molar-refractivity contribution in [1.82, 2.24) is 5.32 Å². The number of carbonyl (C=O) groups is 2. The Labute approximate surface area is 140 Å². The van der Waals surface area contributed by atoms with Gasteiger partial charge in [-0.15, -0.1) is 0 Å². The number of rotatable bonds is 4. The van der Waals surface area contributed by atoms with Crippen molar-refractivity contribution in [3.8, 4) is 0 Å². The van der Waals surface area contributed by atoms with E-state index in [9.17, 15) is 27.2 Å². The van der Waals surface area contributed by atoms with Crippen LogP contribution < -0.4 is 10.6 Å². The molecular formula is C17H14F4N2O2. The zero-order chi connectivity index (χ0) is 18.7. The molecule has 0 saturated carbocycles. The molecule has 0 aliphatic heterocycles. The average Bonchev–Trinajstić information content (AvgIpc) is 2.57. The summed E-state index contributed by atoms with van der Waals surface area (Å²) in [6, 6.07) is 5.59. The minimum atomic E-state index is -2.09. The van der Waals surface area contributed by atoms with E-state index < -0.39 is 47.2 Å². The smallest absolute Gasteiger partial charge is 0.254 e. The number of hydrogen-bond acceptors (Lipinski definition) is 2. The number of anilines is 1. The Morgan fingerprint density at radius 3 is 2.16 bits per heavy atom. The fourth-order valence-electron chi connectivity index (χ4n) is 2.19. The monoisotopic (exact) mass is 354 g/mol. The summed E-state index contributed by atoms with van der Waals surface area (Å²) in [5, 5.41) is 4.60. The van der Waals surface area contributed by atoms with E-state index in [4.69, 9.17) is 0 Å². The van der Waals surface area contributed by atoms with Crippen LogP contribution in [0.4, 0.5) is 23.2 Å². The SMILES string of the molecule is Cc1cccc(C)c1NC(=O)CNC(=O)c1cc(F)c(F)c(F)c1F. The molecule has 25 heavy (non-hydrogen) atoms. The van der Waals surface area contributed by atoms with Gasteiger partial charge in [0.15, 0.2) is 23.3 Å². The third kappa shape index (κ3) is 3.96. The third-order valence-electron chi connectivity index (χ3n) is 3.50. The van der Waals surface area contributed by atoms with Crippen molar-refractivity contribution in [3.63, 3.8) is 0 Å². The van der Waals surface area contributed by atoms with Gasteiger partial charge in [0.1, 0.15) is 0 Å². The molecule has 2 amide bonds. The van der Waals surface area contributed by atoms with Gasteiger partial charge in [-0.2, -0.15) is 0 Å². The van der Waals surface area contributed by atoms with Gasteiger partial charge in [0.25, 0.3) is 5.91 Å². The molecule has 0 saturated heterocycles. The lowest BCUT2D eigenvalue weighted by Gasteiger charge is -2.12. The summed E-state index contributed by atoms with van der Waals surface area (Å²) in [5.74, 6) is -9.50. The van der Waals surface area contributed by atoms with Gasteiger partial charge in [-0.25, -0.2) is 17.6 Å². The maximum absolute atomic E-state index is 13.5. The molecule has 2 aromatic carbocycles. The number of hydrogen-bond donors (Lipinski definition) is 2. The van der Waals surface area contributed by atoms with Gasteiger partial charge in [0.2, 0.25) is 5.91 Å². The first kappa shape index (κ1) is 18.4. The Morgan fingerprint density at radius 2 is 1.56 bits per heavy atom. The van der Waals surface area contributed by atoms with E-state index in [0.717, 1.165) is 11.1 Å². The molecule has 132 valence electrons. The summed E-state index contributed by atoms with van der Waals surface area (Å²) < 4.78 is 52.7. The molecule has 2 aromatic rings. The Hall–Kier alpha value is -2.90. The molecule has 0 aliphatic carbocycles. The second-order valence-corrected chi connectivity index (χ2v) is 5.35. The van der Waals surface area contributed by atoms with Crippen molar-refractivity contribution in [3.05, 3.63) is 64.2 Å². The molecule has 0 bridgehead atoms. The summed E-state index contributed by atoms with van der Waals surface area (Å²) >= 11 is 0. The zero-order valence-corrected chi connectivity index (χ0v) is 13.3. The molecule has 2 rings (SSSR count). The van der Waals surface area contributed by atoms with Crippen LogP contribution in [-0.4, -0.2) is 18.4 Å². The van der Waals surface area contributed by atoms with Gasteiger partial charge >= 0.3 is 0 Å². The standard InChI is InChI=1S/C17H14F4N2O2/c1-8-4-3-5-9(2)16(8)23-12(24)7-22-17(25)10-6-11(18)14(20)15(21)13(10)19/h3-6H,7H2,1-2H3,(H,22,25)(H,23,24). The fourth-order valence-corrected chi connectivity index (χ4v) is 2.19. The molecule has 0 unspecified atom stereocenters. The molecule has 0 aliphatic rings. The minimum absolute atomic E-state index is 0.229. The van der Waals surface area contributed by atoms with E-state index in [1.54, 1.807) is 26.0 Å². The van der Waals surface area contributed by atoms with Crippen LogP contribution in [-0.2, 0) is 4.79 Å².